The fourth-order valence-corrected chi connectivity index (χ4v) is 3.33. The van der Waals surface area contributed by atoms with Crippen molar-refractivity contribution in [2.24, 2.45) is 0 Å². The Morgan fingerprint density at radius 2 is 2.21 bits per heavy atom. The van der Waals surface area contributed by atoms with Gasteiger partial charge in [0.1, 0.15) is 9.84 Å². The number of hydrogen-bond donors (Lipinski definition) is 0. The van der Waals surface area contributed by atoms with Gasteiger partial charge in [0.25, 0.3) is 0 Å². The molecule has 1 atom stereocenters. The summed E-state index contributed by atoms with van der Waals surface area (Å²) in [5.41, 5.74) is 0. The predicted molar refractivity (Wildman–Crippen MR) is 88.9 cm³/mol. The van der Waals surface area contributed by atoms with Crippen LogP contribution in [0.5, 0.6) is 0 Å². The Morgan fingerprint density at radius 3 is 2.92 bits per heavy atom. The molecule has 0 radical (unpaired) electrons. The number of halogens is 1. The van der Waals surface area contributed by atoms with E-state index in [0.717, 1.165) is 25.2 Å². The lowest BCUT2D eigenvalue weighted by Gasteiger charge is -2.31. The van der Waals surface area contributed by atoms with E-state index in [1.54, 1.807) is 6.07 Å². The number of sulfone groups is 1. The normalized spacial score (nSPS) is 18.8. The van der Waals surface area contributed by atoms with Crippen LogP contribution in [0.15, 0.2) is 16.7 Å². The first-order valence-electron chi connectivity index (χ1n) is 7.65. The molecule has 0 aromatic carbocycles. The number of rotatable bonds is 5. The van der Waals surface area contributed by atoms with Gasteiger partial charge in [0.15, 0.2) is 16.8 Å². The third-order valence-corrected chi connectivity index (χ3v) is 5.04. The van der Waals surface area contributed by atoms with Gasteiger partial charge in [-0.3, -0.25) is 0 Å². The average Bonchev–Trinajstić information content (AvgIpc) is 3.02. The van der Waals surface area contributed by atoms with Gasteiger partial charge in [0.05, 0.1) is 11.7 Å². The second kappa shape index (κ2) is 7.02. The fraction of sp³-hybridized carbons (Fsp3) is 0.571. The summed E-state index contributed by atoms with van der Waals surface area (Å²) in [6.07, 6.45) is 3.36. The number of piperidine rings is 1. The first-order valence-corrected chi connectivity index (χ1v) is 10.1. The van der Waals surface area contributed by atoms with Crippen LogP contribution in [0.2, 0.25) is 5.15 Å². The van der Waals surface area contributed by atoms with Crippen LogP contribution < -0.4 is 4.90 Å². The summed E-state index contributed by atoms with van der Waals surface area (Å²) in [5.74, 6) is 1.85. The first kappa shape index (κ1) is 17.1. The lowest BCUT2D eigenvalue weighted by atomic mass is 9.98. The van der Waals surface area contributed by atoms with E-state index in [4.69, 9.17) is 16.1 Å². The SMILES string of the molecule is CS(=O)(=O)CCc1noc(C2CCCN(c3ccc(Cl)nn3)C2)n1. The van der Waals surface area contributed by atoms with Gasteiger partial charge < -0.3 is 9.42 Å². The zero-order valence-corrected chi connectivity index (χ0v) is 14.8. The molecule has 130 valence electrons. The number of anilines is 1. The van der Waals surface area contributed by atoms with E-state index in [1.165, 1.54) is 6.26 Å². The van der Waals surface area contributed by atoms with E-state index < -0.39 is 9.84 Å². The molecule has 10 heteroatoms. The lowest BCUT2D eigenvalue weighted by Crippen LogP contribution is -2.35. The van der Waals surface area contributed by atoms with Gasteiger partial charge in [0.2, 0.25) is 5.89 Å². The first-order chi connectivity index (χ1) is 11.4. The molecule has 3 heterocycles. The van der Waals surface area contributed by atoms with Crippen LogP contribution in [-0.2, 0) is 16.3 Å². The van der Waals surface area contributed by atoms with E-state index >= 15 is 0 Å². The van der Waals surface area contributed by atoms with Gasteiger partial charge in [-0.1, -0.05) is 16.8 Å². The maximum atomic E-state index is 11.2. The van der Waals surface area contributed by atoms with Gasteiger partial charge in [-0.25, -0.2) is 8.42 Å². The molecule has 2 aromatic rings. The summed E-state index contributed by atoms with van der Waals surface area (Å²) in [5, 5.41) is 12.2. The summed E-state index contributed by atoms with van der Waals surface area (Å²) in [6.45, 7) is 1.58. The van der Waals surface area contributed by atoms with Crippen LogP contribution in [0, 0.1) is 0 Å². The molecular formula is C14H18ClN5O3S. The summed E-state index contributed by atoms with van der Waals surface area (Å²) in [7, 11) is -3.04. The second-order valence-electron chi connectivity index (χ2n) is 5.93. The molecule has 1 unspecified atom stereocenters. The van der Waals surface area contributed by atoms with Crippen LogP contribution in [0.4, 0.5) is 5.82 Å². The van der Waals surface area contributed by atoms with Gasteiger partial charge in [-0.15, -0.1) is 10.2 Å². The monoisotopic (exact) mass is 371 g/mol. The molecule has 0 bridgehead atoms. The smallest absolute Gasteiger partial charge is 0.231 e. The van der Waals surface area contributed by atoms with Gasteiger partial charge >= 0.3 is 0 Å². The molecular weight excluding hydrogens is 354 g/mol. The summed E-state index contributed by atoms with van der Waals surface area (Å²) in [6, 6.07) is 3.55. The molecule has 1 saturated heterocycles. The minimum atomic E-state index is -3.04. The Labute approximate surface area is 145 Å². The van der Waals surface area contributed by atoms with Gasteiger partial charge in [-0.2, -0.15) is 4.98 Å². The maximum absolute atomic E-state index is 11.2. The molecule has 8 nitrogen and oxygen atoms in total. The minimum Gasteiger partial charge on any atom is -0.354 e. The topological polar surface area (TPSA) is 102 Å². The summed E-state index contributed by atoms with van der Waals surface area (Å²) >= 11 is 5.77. The van der Waals surface area contributed by atoms with Crippen LogP contribution in [0.1, 0.15) is 30.5 Å². The maximum Gasteiger partial charge on any atom is 0.231 e. The Balaban J connectivity index is 1.66. The van der Waals surface area contributed by atoms with Crippen LogP contribution >= 0.6 is 11.6 Å². The van der Waals surface area contributed by atoms with Gasteiger partial charge in [0, 0.05) is 25.8 Å². The van der Waals surface area contributed by atoms with Crippen molar-refractivity contribution in [1.82, 2.24) is 20.3 Å². The number of aromatic nitrogens is 4. The molecule has 0 spiro atoms. The molecule has 0 aliphatic carbocycles. The highest BCUT2D eigenvalue weighted by molar-refractivity contribution is 7.90. The zero-order valence-electron chi connectivity index (χ0n) is 13.2. The van der Waals surface area contributed by atoms with Crippen LogP contribution in [0.25, 0.3) is 0 Å². The Hall–Kier alpha value is -1.74. The van der Waals surface area contributed by atoms with Crippen molar-refractivity contribution in [1.29, 1.82) is 0 Å². The quantitative estimate of drug-likeness (QED) is 0.778. The summed E-state index contributed by atoms with van der Waals surface area (Å²) < 4.78 is 27.8. The number of nitrogens with zero attached hydrogens (tertiary/aromatic N) is 5. The fourth-order valence-electron chi connectivity index (χ4n) is 2.68. The highest BCUT2D eigenvalue weighted by Crippen LogP contribution is 2.28. The number of aryl methyl sites for hydroxylation is 1. The predicted octanol–water partition coefficient (Wildman–Crippen LogP) is 1.48. The highest BCUT2D eigenvalue weighted by atomic mass is 35.5. The van der Waals surface area contributed by atoms with E-state index in [2.05, 4.69) is 25.2 Å². The number of hydrogen-bond acceptors (Lipinski definition) is 8. The molecule has 24 heavy (non-hydrogen) atoms. The van der Waals surface area contributed by atoms with Crippen molar-refractivity contribution in [3.05, 3.63) is 29.0 Å². The Morgan fingerprint density at radius 1 is 1.38 bits per heavy atom. The van der Waals surface area contributed by atoms with Crippen molar-refractivity contribution in [3.63, 3.8) is 0 Å². The summed E-state index contributed by atoms with van der Waals surface area (Å²) in [4.78, 5) is 6.46. The molecule has 3 rings (SSSR count). The Kier molecular flexibility index (Phi) is 5.00. The largest absolute Gasteiger partial charge is 0.354 e. The second-order valence-corrected chi connectivity index (χ2v) is 8.58. The molecule has 1 aliphatic heterocycles. The molecule has 2 aromatic heterocycles. The van der Waals surface area contributed by atoms with Crippen molar-refractivity contribution in [2.75, 3.05) is 30.0 Å². The highest BCUT2D eigenvalue weighted by Gasteiger charge is 2.27. The van der Waals surface area contributed by atoms with Crippen LogP contribution in [-0.4, -0.2) is 53.9 Å². The lowest BCUT2D eigenvalue weighted by molar-refractivity contribution is 0.330. The van der Waals surface area contributed by atoms with Crippen molar-refractivity contribution >= 4 is 27.3 Å². The van der Waals surface area contributed by atoms with E-state index in [9.17, 15) is 8.42 Å². The van der Waals surface area contributed by atoms with Crippen molar-refractivity contribution in [2.45, 2.75) is 25.2 Å². The zero-order chi connectivity index (χ0) is 17.2. The molecule has 1 aliphatic rings. The standard InChI is InChI=1S/C14H18ClN5O3S/c1-24(21,22)8-6-12-16-14(23-19-12)10-3-2-7-20(9-10)13-5-4-11(15)17-18-13/h4-5,10H,2-3,6-9H2,1H3. The van der Waals surface area contributed by atoms with E-state index in [0.29, 0.717) is 23.4 Å². The molecule has 0 amide bonds. The molecule has 0 N–H and O–H groups in total. The molecule has 1 fully saturated rings. The average molecular weight is 372 g/mol. The third kappa shape index (κ3) is 4.41. The van der Waals surface area contributed by atoms with E-state index in [-0.39, 0.29) is 18.1 Å². The van der Waals surface area contributed by atoms with Gasteiger partial charge in [-0.05, 0) is 25.0 Å². The van der Waals surface area contributed by atoms with Crippen LogP contribution in [0.3, 0.4) is 0 Å². The minimum absolute atomic E-state index is 0.0170. The Bertz CT molecular complexity index is 793. The molecule has 0 saturated carbocycles. The van der Waals surface area contributed by atoms with E-state index in [1.807, 2.05) is 6.07 Å². The third-order valence-electron chi connectivity index (χ3n) is 3.89. The van der Waals surface area contributed by atoms with Crippen molar-refractivity contribution in [3.8, 4) is 0 Å². The van der Waals surface area contributed by atoms with Crippen molar-refractivity contribution < 1.29 is 12.9 Å².